The zero-order valence-electron chi connectivity index (χ0n) is 29.1. The molecule has 2 aliphatic carbocycles. The van der Waals surface area contributed by atoms with Crippen LogP contribution in [-0.2, 0) is 30.8 Å². The van der Waals surface area contributed by atoms with E-state index in [0.717, 1.165) is 21.0 Å². The summed E-state index contributed by atoms with van der Waals surface area (Å²) >= 11 is 12.7. The van der Waals surface area contributed by atoms with Gasteiger partial charge in [-0.3, -0.25) is 24.2 Å². The maximum absolute atomic E-state index is 15.4. The molecule has 1 saturated carbocycles. The second-order valence-electron chi connectivity index (χ2n) is 14.0. The minimum Gasteiger partial charge on any atom is -0.508 e. The van der Waals surface area contributed by atoms with E-state index in [-0.39, 0.29) is 35.1 Å². The number of imide groups is 2. The van der Waals surface area contributed by atoms with Crippen molar-refractivity contribution in [2.75, 3.05) is 24.1 Å². The van der Waals surface area contributed by atoms with Gasteiger partial charge in [-0.05, 0) is 60.7 Å². The average molecular weight is 792 g/mol. The third-order valence-corrected chi connectivity index (χ3v) is 11.9. The molecule has 2 saturated heterocycles. The van der Waals surface area contributed by atoms with Crippen molar-refractivity contribution in [1.29, 1.82) is 0 Å². The number of allylic oxidation sites excluding steroid dienone is 2. The summed E-state index contributed by atoms with van der Waals surface area (Å²) in [4.78, 5) is 63.9. The van der Waals surface area contributed by atoms with Crippen molar-refractivity contribution in [3.63, 3.8) is 0 Å². The summed E-state index contributed by atoms with van der Waals surface area (Å²) < 4.78 is 46.9. The summed E-state index contributed by atoms with van der Waals surface area (Å²) in [6.07, 6.45) is -2.98. The number of phenolic OH excluding ortho intramolecular Hbond substituents is 1. The summed E-state index contributed by atoms with van der Waals surface area (Å²) in [7, 11) is 2.65. The molecule has 0 radical (unpaired) electrons. The van der Waals surface area contributed by atoms with E-state index in [1.165, 1.54) is 32.4 Å². The van der Waals surface area contributed by atoms with Gasteiger partial charge in [0.05, 0.1) is 41.0 Å². The first-order chi connectivity index (χ1) is 26.2. The molecule has 4 aromatic rings. The number of hydrogen-bond acceptors (Lipinski definition) is 8. The third kappa shape index (κ3) is 5.42. The molecule has 282 valence electrons. The molecule has 3 fully saturated rings. The minimum atomic E-state index is -4.83. The Morgan fingerprint density at radius 1 is 0.909 bits per heavy atom. The molecule has 3 aromatic carbocycles. The first-order valence-corrected chi connectivity index (χ1v) is 18.1. The molecular weight excluding hydrogens is 760 g/mol. The molecule has 15 heteroatoms. The maximum Gasteiger partial charge on any atom is 0.433 e. The zero-order valence-corrected chi connectivity index (χ0v) is 30.6. The number of benzene rings is 3. The second kappa shape index (κ2) is 13.1. The number of anilines is 2. The first kappa shape index (κ1) is 36.6. The number of pyridine rings is 1. The Hall–Kier alpha value is -5.40. The van der Waals surface area contributed by atoms with E-state index in [1.54, 1.807) is 54.6 Å². The number of aromatic nitrogens is 1. The number of rotatable bonds is 6. The van der Waals surface area contributed by atoms with E-state index in [4.69, 9.17) is 27.9 Å². The molecule has 2 aliphatic heterocycles. The van der Waals surface area contributed by atoms with Crippen molar-refractivity contribution in [2.24, 2.45) is 23.7 Å². The van der Waals surface area contributed by atoms with E-state index in [0.29, 0.717) is 27.8 Å². The Labute approximate surface area is 322 Å². The van der Waals surface area contributed by atoms with E-state index >= 15 is 4.79 Å². The van der Waals surface area contributed by atoms with Gasteiger partial charge in [-0.1, -0.05) is 77.3 Å². The van der Waals surface area contributed by atoms with Gasteiger partial charge in [0, 0.05) is 29.6 Å². The van der Waals surface area contributed by atoms with Crippen LogP contribution in [0.25, 0.3) is 0 Å². The number of alkyl halides is 3. The van der Waals surface area contributed by atoms with Crippen LogP contribution in [0.2, 0.25) is 10.0 Å². The van der Waals surface area contributed by atoms with Gasteiger partial charge in [-0.2, -0.15) is 18.2 Å². The molecule has 8 rings (SSSR count). The minimum absolute atomic E-state index is 0.0282. The number of phenols is 1. The van der Waals surface area contributed by atoms with E-state index < -0.39 is 76.3 Å². The molecule has 3 heterocycles. The number of fused-ring (bicyclic) bond motifs is 4. The molecule has 6 unspecified atom stereocenters. The predicted molar refractivity (Wildman–Crippen MR) is 195 cm³/mol. The highest BCUT2D eigenvalue weighted by molar-refractivity contribution is 6.33. The smallest absolute Gasteiger partial charge is 0.433 e. The molecule has 55 heavy (non-hydrogen) atoms. The second-order valence-corrected chi connectivity index (χ2v) is 14.9. The van der Waals surface area contributed by atoms with Gasteiger partial charge >= 0.3 is 6.18 Å². The Morgan fingerprint density at radius 3 is 2.35 bits per heavy atom. The average Bonchev–Trinajstić information content (AvgIpc) is 3.55. The lowest BCUT2D eigenvalue weighted by atomic mass is 9.49. The topological polar surface area (TPSA) is 120 Å². The van der Waals surface area contributed by atoms with Crippen LogP contribution in [0, 0.1) is 23.7 Å². The largest absolute Gasteiger partial charge is 0.508 e. The van der Waals surface area contributed by atoms with Gasteiger partial charge in [0.2, 0.25) is 11.8 Å². The number of amides is 4. The number of nitrogens with zero attached hydrogens (tertiary/aromatic N) is 4. The van der Waals surface area contributed by atoms with E-state index in [1.807, 2.05) is 6.08 Å². The van der Waals surface area contributed by atoms with Crippen molar-refractivity contribution in [3.05, 3.63) is 123 Å². The summed E-state index contributed by atoms with van der Waals surface area (Å²) in [6, 6.07) is 21.4. The summed E-state index contributed by atoms with van der Waals surface area (Å²) in [6.45, 7) is 0. The zero-order chi connectivity index (χ0) is 39.1. The lowest BCUT2D eigenvalue weighted by Gasteiger charge is -2.50. The lowest BCUT2D eigenvalue weighted by molar-refractivity contribution is -0.141. The fourth-order valence-corrected chi connectivity index (χ4v) is 9.63. The summed E-state index contributed by atoms with van der Waals surface area (Å²) in [5.74, 6) is -7.62. The van der Waals surface area contributed by atoms with Crippen LogP contribution in [0.15, 0.2) is 96.6 Å². The molecular formula is C40H31Cl2F3N4O6. The van der Waals surface area contributed by atoms with E-state index in [2.05, 4.69) is 4.98 Å². The summed E-state index contributed by atoms with van der Waals surface area (Å²) in [5, 5.41) is 12.3. The van der Waals surface area contributed by atoms with Crippen LogP contribution in [0.1, 0.15) is 35.6 Å². The van der Waals surface area contributed by atoms with Gasteiger partial charge in [0.1, 0.15) is 17.2 Å². The number of methoxy groups -OCH3 is 1. The highest BCUT2D eigenvalue weighted by Gasteiger charge is 2.70. The number of ether oxygens (including phenoxy) is 1. The van der Waals surface area contributed by atoms with Crippen molar-refractivity contribution >= 4 is 58.3 Å². The van der Waals surface area contributed by atoms with Gasteiger partial charge in [-0.25, -0.2) is 9.88 Å². The normalized spacial score (nSPS) is 26.1. The van der Waals surface area contributed by atoms with Gasteiger partial charge < -0.3 is 9.84 Å². The standard InChI is InChI=1S/C40H31Cl2F3N4O6/c1-47(34-29(42)15-16-31(46-34)40(43,44)45)49-35(51)26-14-13-24-27(32(26)37(49)53)19-28-36(52)48(22-10-6-9-21(41)17-22)38(54)39(28,20-7-4-3-5-8-20)33(24)25-12-11-23(50)18-30(25)55-2/h3-13,15-18,26-28,32-33,50H,14,19H2,1-2H3. The van der Waals surface area contributed by atoms with Gasteiger partial charge in [-0.15, -0.1) is 0 Å². The van der Waals surface area contributed by atoms with Crippen molar-refractivity contribution in [2.45, 2.75) is 30.4 Å². The SMILES string of the molecule is COc1cc(O)ccc1C1C2=CCC3C(=O)N(N(C)c4nc(C(F)(F)F)ccc4Cl)C(=O)C3C2CC2C(=O)N(c3cccc(Cl)c3)C(=O)C21c1ccccc1. The fourth-order valence-electron chi connectivity index (χ4n) is 9.22. The Bertz CT molecular complexity index is 2320. The molecule has 4 aliphatic rings. The molecule has 0 spiro atoms. The van der Waals surface area contributed by atoms with Crippen LogP contribution >= 0.6 is 23.2 Å². The number of carbonyl (C=O) groups excluding carboxylic acids is 4. The number of hydrogen-bond donors (Lipinski definition) is 1. The van der Waals surface area contributed by atoms with E-state index in [9.17, 15) is 32.7 Å². The lowest BCUT2D eigenvalue weighted by Crippen LogP contribution is -2.53. The monoisotopic (exact) mass is 790 g/mol. The third-order valence-electron chi connectivity index (χ3n) is 11.4. The molecule has 10 nitrogen and oxygen atoms in total. The predicted octanol–water partition coefficient (Wildman–Crippen LogP) is 7.34. The van der Waals surface area contributed by atoms with Crippen LogP contribution in [0.4, 0.5) is 24.7 Å². The Kier molecular flexibility index (Phi) is 8.73. The number of hydrazine groups is 1. The van der Waals surface area contributed by atoms with Crippen LogP contribution < -0.4 is 14.6 Å². The maximum atomic E-state index is 15.4. The molecule has 6 atom stereocenters. The number of halogens is 5. The molecule has 1 N–H and O–H groups in total. The Morgan fingerprint density at radius 2 is 1.65 bits per heavy atom. The number of carbonyl (C=O) groups is 4. The van der Waals surface area contributed by atoms with Crippen molar-refractivity contribution in [3.8, 4) is 11.5 Å². The van der Waals surface area contributed by atoms with Crippen LogP contribution in [-0.4, -0.2) is 52.9 Å². The molecule has 0 bridgehead atoms. The Balaban J connectivity index is 1.31. The van der Waals surface area contributed by atoms with Gasteiger partial charge in [0.25, 0.3) is 11.8 Å². The molecule has 4 amide bonds. The number of aromatic hydroxyl groups is 1. The van der Waals surface area contributed by atoms with Crippen molar-refractivity contribution < 1.29 is 42.2 Å². The quantitative estimate of drug-likeness (QED) is 0.159. The van der Waals surface area contributed by atoms with Gasteiger partial charge in [0.15, 0.2) is 5.82 Å². The van der Waals surface area contributed by atoms with Crippen LogP contribution in [0.5, 0.6) is 11.5 Å². The van der Waals surface area contributed by atoms with Crippen molar-refractivity contribution in [1.82, 2.24) is 9.99 Å². The highest BCUT2D eigenvalue weighted by Crippen LogP contribution is 2.65. The fraction of sp³-hybridized carbons (Fsp3) is 0.275. The van der Waals surface area contributed by atoms with Crippen LogP contribution in [0.3, 0.4) is 0 Å². The summed E-state index contributed by atoms with van der Waals surface area (Å²) in [5.41, 5.74) is -1.00. The highest BCUT2D eigenvalue weighted by atomic mass is 35.5. The molecule has 1 aromatic heterocycles. The first-order valence-electron chi connectivity index (χ1n) is 17.3.